The van der Waals surface area contributed by atoms with Crippen LogP contribution in [-0.4, -0.2) is 47.5 Å². The molecule has 3 aromatic rings. The highest BCUT2D eigenvalue weighted by molar-refractivity contribution is 7.98. The van der Waals surface area contributed by atoms with E-state index in [1.807, 2.05) is 19.2 Å². The van der Waals surface area contributed by atoms with Crippen molar-refractivity contribution in [3.63, 3.8) is 0 Å². The van der Waals surface area contributed by atoms with E-state index in [9.17, 15) is 19.2 Å². The summed E-state index contributed by atoms with van der Waals surface area (Å²) in [6.07, 6.45) is 3.53. The van der Waals surface area contributed by atoms with E-state index in [0.717, 1.165) is 10.9 Å². The molecule has 2 heterocycles. The summed E-state index contributed by atoms with van der Waals surface area (Å²) in [5.74, 6) is -1.71. The standard InChI is InChI=1S/C22H24N2O7S/c1-11-10-30-17-8-18-14(6-13(11)17)12(2)15(22(29)31-18)7-19(25)24-16(4-5-32-3)21(28)23-9-20(26)27/h6,8,10,16H,4-5,7,9H2,1-3H3,(H,23,28)(H,24,25)(H,26,27)/t16-/m1/s1. The Kier molecular flexibility index (Phi) is 7.24. The average Bonchev–Trinajstić information content (AvgIpc) is 3.10. The molecular formula is C22H24N2O7S. The van der Waals surface area contributed by atoms with Gasteiger partial charge in [0.1, 0.15) is 23.8 Å². The zero-order chi connectivity index (χ0) is 23.4. The number of benzene rings is 1. The molecule has 10 heteroatoms. The molecule has 3 rings (SSSR count). The van der Waals surface area contributed by atoms with Crippen molar-refractivity contribution >= 4 is 51.5 Å². The van der Waals surface area contributed by atoms with Crippen molar-refractivity contribution in [3.05, 3.63) is 45.5 Å². The van der Waals surface area contributed by atoms with Gasteiger partial charge in [0.15, 0.2) is 0 Å². The van der Waals surface area contributed by atoms with Gasteiger partial charge in [-0.1, -0.05) is 0 Å². The van der Waals surface area contributed by atoms with Gasteiger partial charge in [0.2, 0.25) is 11.8 Å². The molecule has 2 amide bonds. The number of aliphatic carboxylic acids is 1. The number of fused-ring (bicyclic) bond motifs is 2. The molecule has 32 heavy (non-hydrogen) atoms. The van der Waals surface area contributed by atoms with E-state index in [0.29, 0.717) is 34.3 Å². The normalized spacial score (nSPS) is 12.1. The summed E-state index contributed by atoms with van der Waals surface area (Å²) < 4.78 is 10.9. The number of hydrogen-bond donors (Lipinski definition) is 3. The van der Waals surface area contributed by atoms with Crippen LogP contribution >= 0.6 is 11.8 Å². The van der Waals surface area contributed by atoms with Crippen LogP contribution in [0.15, 0.2) is 32.0 Å². The first-order chi connectivity index (χ1) is 15.2. The van der Waals surface area contributed by atoms with Crippen LogP contribution < -0.4 is 16.3 Å². The van der Waals surface area contributed by atoms with Gasteiger partial charge in [0.25, 0.3) is 0 Å². The molecule has 0 spiro atoms. The Labute approximate surface area is 187 Å². The van der Waals surface area contributed by atoms with Crippen molar-refractivity contribution in [2.75, 3.05) is 18.6 Å². The van der Waals surface area contributed by atoms with E-state index in [-0.39, 0.29) is 12.0 Å². The van der Waals surface area contributed by atoms with Gasteiger partial charge in [-0.2, -0.15) is 11.8 Å². The molecule has 0 aliphatic heterocycles. The Hall–Kier alpha value is -3.27. The monoisotopic (exact) mass is 460 g/mol. The van der Waals surface area contributed by atoms with Crippen LogP contribution in [0.5, 0.6) is 0 Å². The van der Waals surface area contributed by atoms with Crippen molar-refractivity contribution in [1.29, 1.82) is 0 Å². The summed E-state index contributed by atoms with van der Waals surface area (Å²) in [6.45, 7) is 3.11. The van der Waals surface area contributed by atoms with Gasteiger partial charge < -0.3 is 24.6 Å². The summed E-state index contributed by atoms with van der Waals surface area (Å²) in [5.41, 5.74) is 2.09. The van der Waals surface area contributed by atoms with Crippen molar-refractivity contribution in [3.8, 4) is 0 Å². The summed E-state index contributed by atoms with van der Waals surface area (Å²) in [6, 6.07) is 2.61. The Morgan fingerprint density at radius 3 is 2.59 bits per heavy atom. The number of hydrogen-bond acceptors (Lipinski definition) is 7. The van der Waals surface area contributed by atoms with Crippen molar-refractivity contribution in [2.45, 2.75) is 32.7 Å². The molecule has 1 atom stereocenters. The number of nitrogens with one attached hydrogen (secondary N) is 2. The highest BCUT2D eigenvalue weighted by Gasteiger charge is 2.23. The second-order valence-electron chi connectivity index (χ2n) is 7.45. The maximum atomic E-state index is 12.7. The second kappa shape index (κ2) is 9.90. The van der Waals surface area contributed by atoms with Crippen LogP contribution in [0, 0.1) is 13.8 Å². The van der Waals surface area contributed by atoms with E-state index in [2.05, 4.69) is 10.6 Å². The fraction of sp³-hybridized carbons (Fsp3) is 0.364. The van der Waals surface area contributed by atoms with E-state index < -0.39 is 36.0 Å². The number of carbonyl (C=O) groups excluding carboxylic acids is 2. The number of thioether (sulfide) groups is 1. The molecule has 0 saturated heterocycles. The molecule has 9 nitrogen and oxygen atoms in total. The average molecular weight is 461 g/mol. The lowest BCUT2D eigenvalue weighted by Gasteiger charge is -2.18. The summed E-state index contributed by atoms with van der Waals surface area (Å²) in [7, 11) is 0. The number of amides is 2. The Morgan fingerprint density at radius 2 is 1.91 bits per heavy atom. The molecule has 0 aliphatic rings. The highest BCUT2D eigenvalue weighted by atomic mass is 32.2. The van der Waals surface area contributed by atoms with E-state index in [1.165, 1.54) is 11.8 Å². The zero-order valence-corrected chi connectivity index (χ0v) is 18.8. The molecule has 0 bridgehead atoms. The van der Waals surface area contributed by atoms with Gasteiger partial charge in [-0.3, -0.25) is 14.4 Å². The van der Waals surface area contributed by atoms with E-state index in [4.69, 9.17) is 13.9 Å². The number of rotatable bonds is 9. The Bertz CT molecular complexity index is 1240. The van der Waals surface area contributed by atoms with Crippen LogP contribution in [0.4, 0.5) is 0 Å². The van der Waals surface area contributed by atoms with Gasteiger partial charge >= 0.3 is 11.6 Å². The van der Waals surface area contributed by atoms with Gasteiger partial charge in [-0.25, -0.2) is 4.79 Å². The zero-order valence-electron chi connectivity index (χ0n) is 17.9. The summed E-state index contributed by atoms with van der Waals surface area (Å²) in [5, 5.41) is 15.2. The maximum absolute atomic E-state index is 12.7. The minimum atomic E-state index is -1.18. The number of carbonyl (C=O) groups is 3. The van der Waals surface area contributed by atoms with Crippen molar-refractivity contribution in [2.24, 2.45) is 0 Å². The number of furan rings is 1. The molecular weight excluding hydrogens is 436 g/mol. The molecule has 0 saturated carbocycles. The predicted molar refractivity (Wildman–Crippen MR) is 121 cm³/mol. The van der Waals surface area contributed by atoms with Crippen molar-refractivity contribution < 1.29 is 28.3 Å². The van der Waals surface area contributed by atoms with Gasteiger partial charge in [-0.15, -0.1) is 0 Å². The van der Waals surface area contributed by atoms with Gasteiger partial charge in [0, 0.05) is 16.8 Å². The highest BCUT2D eigenvalue weighted by Crippen LogP contribution is 2.28. The van der Waals surface area contributed by atoms with Crippen LogP contribution in [-0.2, 0) is 20.8 Å². The van der Waals surface area contributed by atoms with E-state index >= 15 is 0 Å². The number of carboxylic acid groups (broad SMARTS) is 1. The summed E-state index contributed by atoms with van der Waals surface area (Å²) >= 11 is 1.49. The molecule has 0 unspecified atom stereocenters. The lowest BCUT2D eigenvalue weighted by atomic mass is 10.0. The Balaban J connectivity index is 1.84. The topological polar surface area (TPSA) is 139 Å². The van der Waals surface area contributed by atoms with Crippen LogP contribution in [0.3, 0.4) is 0 Å². The first kappa shape index (κ1) is 23.4. The summed E-state index contributed by atoms with van der Waals surface area (Å²) in [4.78, 5) is 48.3. The molecule has 1 aromatic carbocycles. The second-order valence-corrected chi connectivity index (χ2v) is 8.43. The molecule has 2 aromatic heterocycles. The fourth-order valence-electron chi connectivity index (χ4n) is 3.44. The van der Waals surface area contributed by atoms with E-state index in [1.54, 1.807) is 19.3 Å². The predicted octanol–water partition coefficient (Wildman–Crippen LogP) is 2.14. The number of carboxylic acids is 1. The molecule has 0 radical (unpaired) electrons. The SMILES string of the molecule is CSCC[C@@H](NC(=O)Cc1c(C)c2cc3c(C)coc3cc2oc1=O)C(=O)NCC(=O)O. The Morgan fingerprint density at radius 1 is 1.16 bits per heavy atom. The third-order valence-corrected chi connectivity index (χ3v) is 5.83. The quantitative estimate of drug-likeness (QED) is 0.413. The third-order valence-electron chi connectivity index (χ3n) is 5.19. The largest absolute Gasteiger partial charge is 0.480 e. The van der Waals surface area contributed by atoms with Gasteiger partial charge in [-0.05, 0) is 49.5 Å². The van der Waals surface area contributed by atoms with Crippen LogP contribution in [0.1, 0.15) is 23.1 Å². The third kappa shape index (κ3) is 5.13. The lowest BCUT2D eigenvalue weighted by molar-refractivity contribution is -0.138. The minimum absolute atomic E-state index is 0.199. The lowest BCUT2D eigenvalue weighted by Crippen LogP contribution is -2.48. The molecule has 3 N–H and O–H groups in total. The van der Waals surface area contributed by atoms with Gasteiger partial charge in [0.05, 0.1) is 18.2 Å². The maximum Gasteiger partial charge on any atom is 0.340 e. The fourth-order valence-corrected chi connectivity index (χ4v) is 3.91. The first-order valence-electron chi connectivity index (χ1n) is 9.93. The molecule has 0 aliphatic carbocycles. The first-order valence-corrected chi connectivity index (χ1v) is 11.3. The number of aryl methyl sites for hydroxylation is 2. The van der Waals surface area contributed by atoms with Crippen molar-refractivity contribution in [1.82, 2.24) is 10.6 Å². The molecule has 0 fully saturated rings. The minimum Gasteiger partial charge on any atom is -0.480 e. The molecule has 170 valence electrons. The smallest absolute Gasteiger partial charge is 0.340 e. The van der Waals surface area contributed by atoms with Crippen LogP contribution in [0.2, 0.25) is 0 Å². The van der Waals surface area contributed by atoms with Crippen LogP contribution in [0.25, 0.3) is 21.9 Å².